The highest BCUT2D eigenvalue weighted by Crippen LogP contribution is 2.30. The number of nitrogens with one attached hydrogen (secondary N) is 1. The summed E-state index contributed by atoms with van der Waals surface area (Å²) in [6.07, 6.45) is 1.06. The lowest BCUT2D eigenvalue weighted by Gasteiger charge is -2.17. The molecule has 0 atom stereocenters. The highest BCUT2D eigenvalue weighted by atomic mass is 35.5. The molecule has 1 aromatic carbocycles. The van der Waals surface area contributed by atoms with Gasteiger partial charge in [0.05, 0.1) is 5.02 Å². The molecular weight excluding hydrogens is 282 g/mol. The van der Waals surface area contributed by atoms with Gasteiger partial charge in [-0.2, -0.15) is 0 Å². The van der Waals surface area contributed by atoms with E-state index in [1.54, 1.807) is 0 Å². The number of hydrogen-bond acceptors (Lipinski definition) is 3. The summed E-state index contributed by atoms with van der Waals surface area (Å²) in [6, 6.07) is 7.69. The molecule has 1 heterocycles. The van der Waals surface area contributed by atoms with E-state index in [1.165, 1.54) is 5.56 Å². The van der Waals surface area contributed by atoms with Gasteiger partial charge in [0.2, 0.25) is 0 Å². The summed E-state index contributed by atoms with van der Waals surface area (Å²) in [5.41, 5.74) is 3.06. The van der Waals surface area contributed by atoms with Crippen LogP contribution in [-0.4, -0.2) is 16.5 Å². The molecule has 2 rings (SSSR count). The largest absolute Gasteiger partial charge is 0.370 e. The molecule has 0 amide bonds. The van der Waals surface area contributed by atoms with Crippen LogP contribution in [0.5, 0.6) is 0 Å². The van der Waals surface area contributed by atoms with Crippen molar-refractivity contribution < 1.29 is 0 Å². The molecule has 0 aliphatic carbocycles. The normalized spacial score (nSPS) is 11.0. The Bertz CT molecular complexity index is 623. The van der Waals surface area contributed by atoms with E-state index in [2.05, 4.69) is 31.1 Å². The number of hydrogen-bond donors (Lipinski definition) is 1. The maximum Gasteiger partial charge on any atom is 0.163 e. The molecule has 0 fully saturated rings. The van der Waals surface area contributed by atoms with E-state index in [0.29, 0.717) is 16.8 Å². The first-order valence-corrected chi connectivity index (χ1v) is 7.79. The molecule has 0 bridgehead atoms. The number of anilines is 1. The van der Waals surface area contributed by atoms with Crippen LogP contribution in [0.3, 0.4) is 0 Å². The summed E-state index contributed by atoms with van der Waals surface area (Å²) in [5, 5.41) is 4.10. The highest BCUT2D eigenvalue weighted by molar-refractivity contribution is 6.33. The Hall–Kier alpha value is -1.61. The van der Waals surface area contributed by atoms with Gasteiger partial charge in [-0.25, -0.2) is 9.97 Å². The van der Waals surface area contributed by atoms with Crippen LogP contribution in [0.25, 0.3) is 11.4 Å². The molecule has 0 aliphatic heterocycles. The first kappa shape index (κ1) is 15.8. The average molecular weight is 304 g/mol. The van der Waals surface area contributed by atoms with Gasteiger partial charge in [-0.05, 0) is 31.4 Å². The third-order valence-electron chi connectivity index (χ3n) is 3.37. The SMILES string of the molecule is CCCNc1nc(-c2ccccc2Cl)nc(C)c1C(C)C. The van der Waals surface area contributed by atoms with Gasteiger partial charge >= 0.3 is 0 Å². The van der Waals surface area contributed by atoms with Crippen LogP contribution >= 0.6 is 11.6 Å². The van der Waals surface area contributed by atoms with Crippen LogP contribution in [0.4, 0.5) is 5.82 Å². The van der Waals surface area contributed by atoms with E-state index in [9.17, 15) is 0 Å². The average Bonchev–Trinajstić information content (AvgIpc) is 2.44. The summed E-state index contributed by atoms with van der Waals surface area (Å²) in [6.45, 7) is 9.41. The third kappa shape index (κ3) is 3.53. The zero-order valence-electron chi connectivity index (χ0n) is 13.1. The predicted molar refractivity (Wildman–Crippen MR) is 90.1 cm³/mol. The van der Waals surface area contributed by atoms with Gasteiger partial charge in [0, 0.05) is 23.4 Å². The summed E-state index contributed by atoms with van der Waals surface area (Å²) in [5.74, 6) is 1.99. The van der Waals surface area contributed by atoms with Crippen LogP contribution in [0.15, 0.2) is 24.3 Å². The standard InChI is InChI=1S/C17H22ClN3/c1-5-10-19-17-15(11(2)3)12(4)20-16(21-17)13-8-6-7-9-14(13)18/h6-9,11H,5,10H2,1-4H3,(H,19,20,21). The molecule has 0 unspecified atom stereocenters. The molecule has 3 nitrogen and oxygen atoms in total. The number of benzene rings is 1. The van der Waals surface area contributed by atoms with E-state index < -0.39 is 0 Å². The van der Waals surface area contributed by atoms with Crippen molar-refractivity contribution in [2.45, 2.75) is 40.0 Å². The van der Waals surface area contributed by atoms with Crippen LogP contribution in [0.2, 0.25) is 5.02 Å². The second-order valence-corrected chi connectivity index (χ2v) is 5.86. The molecular formula is C17H22ClN3. The lowest BCUT2D eigenvalue weighted by Crippen LogP contribution is -2.10. The van der Waals surface area contributed by atoms with Crippen molar-refractivity contribution in [3.63, 3.8) is 0 Å². The molecule has 0 radical (unpaired) electrons. The van der Waals surface area contributed by atoms with Crippen LogP contribution in [0, 0.1) is 6.92 Å². The van der Waals surface area contributed by atoms with Crippen molar-refractivity contribution in [2.75, 3.05) is 11.9 Å². The van der Waals surface area contributed by atoms with E-state index in [4.69, 9.17) is 16.6 Å². The minimum Gasteiger partial charge on any atom is -0.370 e. The van der Waals surface area contributed by atoms with E-state index >= 15 is 0 Å². The Kier molecular flexibility index (Phi) is 5.18. The number of aromatic nitrogens is 2. The minimum atomic E-state index is 0.379. The van der Waals surface area contributed by atoms with Crippen molar-refractivity contribution in [3.8, 4) is 11.4 Å². The van der Waals surface area contributed by atoms with Crippen LogP contribution < -0.4 is 5.32 Å². The monoisotopic (exact) mass is 303 g/mol. The minimum absolute atomic E-state index is 0.379. The van der Waals surface area contributed by atoms with E-state index in [-0.39, 0.29) is 0 Å². The number of halogens is 1. The fourth-order valence-electron chi connectivity index (χ4n) is 2.41. The molecule has 2 aromatic rings. The van der Waals surface area contributed by atoms with Gasteiger partial charge < -0.3 is 5.32 Å². The smallest absolute Gasteiger partial charge is 0.163 e. The molecule has 0 saturated heterocycles. The predicted octanol–water partition coefficient (Wildman–Crippen LogP) is 5.05. The summed E-state index contributed by atoms with van der Waals surface area (Å²) in [7, 11) is 0. The van der Waals surface area contributed by atoms with Crippen molar-refractivity contribution in [3.05, 3.63) is 40.5 Å². The third-order valence-corrected chi connectivity index (χ3v) is 3.70. The molecule has 0 saturated carbocycles. The molecule has 1 N–H and O–H groups in total. The molecule has 21 heavy (non-hydrogen) atoms. The molecule has 112 valence electrons. The van der Waals surface area contributed by atoms with E-state index in [1.807, 2.05) is 31.2 Å². The Balaban J connectivity index is 2.54. The Labute approximate surface area is 131 Å². The summed E-state index contributed by atoms with van der Waals surface area (Å²) >= 11 is 6.27. The number of rotatable bonds is 5. The van der Waals surface area contributed by atoms with Crippen LogP contribution in [0.1, 0.15) is 44.4 Å². The molecule has 0 aliphatic rings. The number of nitrogens with zero attached hydrogens (tertiary/aromatic N) is 2. The quantitative estimate of drug-likeness (QED) is 0.840. The van der Waals surface area contributed by atoms with Crippen LogP contribution in [-0.2, 0) is 0 Å². The van der Waals surface area contributed by atoms with Gasteiger partial charge in [0.25, 0.3) is 0 Å². The highest BCUT2D eigenvalue weighted by Gasteiger charge is 2.16. The van der Waals surface area contributed by atoms with Gasteiger partial charge in [0.15, 0.2) is 5.82 Å². The maximum atomic E-state index is 6.27. The number of aryl methyl sites for hydroxylation is 1. The van der Waals surface area contributed by atoms with Gasteiger partial charge in [-0.1, -0.05) is 44.5 Å². The second-order valence-electron chi connectivity index (χ2n) is 5.46. The van der Waals surface area contributed by atoms with Gasteiger partial charge in [-0.3, -0.25) is 0 Å². The second kappa shape index (κ2) is 6.90. The first-order chi connectivity index (χ1) is 10.0. The van der Waals surface area contributed by atoms with Crippen molar-refractivity contribution >= 4 is 17.4 Å². The van der Waals surface area contributed by atoms with Crippen molar-refractivity contribution in [1.29, 1.82) is 0 Å². The molecule has 4 heteroatoms. The summed E-state index contributed by atoms with van der Waals surface area (Å²) < 4.78 is 0. The first-order valence-electron chi connectivity index (χ1n) is 7.41. The molecule has 0 spiro atoms. The lowest BCUT2D eigenvalue weighted by atomic mass is 10.0. The lowest BCUT2D eigenvalue weighted by molar-refractivity contribution is 0.826. The van der Waals surface area contributed by atoms with Gasteiger partial charge in [-0.15, -0.1) is 0 Å². The van der Waals surface area contributed by atoms with E-state index in [0.717, 1.165) is 30.0 Å². The maximum absolute atomic E-state index is 6.27. The zero-order valence-corrected chi connectivity index (χ0v) is 13.8. The Morgan fingerprint density at radius 2 is 1.90 bits per heavy atom. The topological polar surface area (TPSA) is 37.8 Å². The Morgan fingerprint density at radius 1 is 1.19 bits per heavy atom. The Morgan fingerprint density at radius 3 is 2.52 bits per heavy atom. The van der Waals surface area contributed by atoms with Crippen molar-refractivity contribution in [2.24, 2.45) is 0 Å². The van der Waals surface area contributed by atoms with Gasteiger partial charge in [0.1, 0.15) is 5.82 Å². The molecule has 1 aromatic heterocycles. The van der Waals surface area contributed by atoms with Crippen molar-refractivity contribution in [1.82, 2.24) is 9.97 Å². The fourth-order valence-corrected chi connectivity index (χ4v) is 2.63. The fraction of sp³-hybridized carbons (Fsp3) is 0.412. The summed E-state index contributed by atoms with van der Waals surface area (Å²) in [4.78, 5) is 9.38. The zero-order chi connectivity index (χ0) is 15.4.